The Morgan fingerprint density at radius 1 is 0.471 bits per heavy atom. The van der Waals surface area contributed by atoms with Crippen LogP contribution in [0, 0.1) is 0 Å². The van der Waals surface area contributed by atoms with Crippen LogP contribution < -0.4 is 0 Å². The Morgan fingerprint density at radius 3 is 1.78 bits per heavy atom. The maximum absolute atomic E-state index is 6.34. The van der Waals surface area contributed by atoms with Crippen LogP contribution in [0.4, 0.5) is 0 Å². The van der Waals surface area contributed by atoms with Gasteiger partial charge in [0, 0.05) is 56.4 Å². The van der Waals surface area contributed by atoms with Gasteiger partial charge in [-0.1, -0.05) is 127 Å². The Balaban J connectivity index is 1.23. The van der Waals surface area contributed by atoms with Crippen LogP contribution in [-0.2, 0) is 6.42 Å². The van der Waals surface area contributed by atoms with Crippen LogP contribution in [0.1, 0.15) is 11.4 Å². The summed E-state index contributed by atoms with van der Waals surface area (Å²) in [5.74, 6) is 2.77. The molecule has 0 aliphatic rings. The lowest BCUT2D eigenvalue weighted by Crippen LogP contribution is -2.08. The Kier molecular flexibility index (Phi) is 6.77. The fourth-order valence-corrected chi connectivity index (χ4v) is 7.23. The van der Waals surface area contributed by atoms with Gasteiger partial charge in [0.15, 0.2) is 11.6 Å². The van der Waals surface area contributed by atoms with Gasteiger partial charge in [-0.25, -0.2) is 19.9 Å². The first-order valence-corrected chi connectivity index (χ1v) is 17.0. The monoisotopic (exact) mass is 655 g/mol. The normalized spacial score (nSPS) is 11.6. The molecule has 10 rings (SSSR count). The van der Waals surface area contributed by atoms with Crippen LogP contribution in [0.3, 0.4) is 0 Å². The number of pyridine rings is 1. The van der Waals surface area contributed by atoms with Crippen LogP contribution >= 0.6 is 0 Å². The number of furan rings is 1. The Bertz CT molecular complexity index is 2820. The largest absolute Gasteiger partial charge is 0.456 e. The Labute approximate surface area is 293 Å². The van der Waals surface area contributed by atoms with E-state index in [2.05, 4.69) is 83.4 Å². The van der Waals surface area contributed by atoms with E-state index in [1.165, 1.54) is 0 Å². The quantitative estimate of drug-likeness (QED) is 0.178. The first-order valence-electron chi connectivity index (χ1n) is 17.0. The molecule has 240 valence electrons. The minimum absolute atomic E-state index is 0.441. The SMILES string of the molecule is c1ccc(-c2cnc(-n3c4ccccc4c4c5c(ccc43)oc3ccccc35)c(Cc3nc(-c4ccccc4)nc(-c4ccccc4)n3)c2)cc1. The number of fused-ring (bicyclic) bond motifs is 7. The summed E-state index contributed by atoms with van der Waals surface area (Å²) in [6, 6.07) is 53.8. The zero-order valence-electron chi connectivity index (χ0n) is 27.4. The van der Waals surface area contributed by atoms with Gasteiger partial charge in [0.1, 0.15) is 22.8 Å². The first kappa shape index (κ1) is 29.0. The molecule has 0 saturated carbocycles. The third kappa shape index (κ3) is 4.96. The lowest BCUT2D eigenvalue weighted by molar-refractivity contribution is 0.669. The summed E-state index contributed by atoms with van der Waals surface area (Å²) >= 11 is 0. The van der Waals surface area contributed by atoms with Gasteiger partial charge in [-0.2, -0.15) is 0 Å². The Hall–Kier alpha value is -6.92. The highest BCUT2D eigenvalue weighted by atomic mass is 16.3. The summed E-state index contributed by atoms with van der Waals surface area (Å²) in [5, 5.41) is 4.49. The van der Waals surface area contributed by atoms with Crippen molar-refractivity contribution in [2.75, 3.05) is 0 Å². The fourth-order valence-electron chi connectivity index (χ4n) is 7.23. The molecule has 0 unspecified atom stereocenters. The minimum Gasteiger partial charge on any atom is -0.456 e. The van der Waals surface area contributed by atoms with Crippen LogP contribution in [0.15, 0.2) is 168 Å². The summed E-state index contributed by atoms with van der Waals surface area (Å²) < 4.78 is 8.62. The molecule has 0 saturated heterocycles. The zero-order chi connectivity index (χ0) is 33.7. The smallest absolute Gasteiger partial charge is 0.163 e. The maximum atomic E-state index is 6.34. The predicted octanol–water partition coefficient (Wildman–Crippen LogP) is 10.9. The van der Waals surface area contributed by atoms with E-state index in [-0.39, 0.29) is 0 Å². The number of hydrogen-bond acceptors (Lipinski definition) is 5. The van der Waals surface area contributed by atoms with Gasteiger partial charge < -0.3 is 4.42 Å². The fraction of sp³-hybridized carbons (Fsp3) is 0.0222. The van der Waals surface area contributed by atoms with Crippen LogP contribution in [0.25, 0.3) is 83.5 Å². The molecule has 6 aromatic carbocycles. The maximum Gasteiger partial charge on any atom is 0.163 e. The van der Waals surface area contributed by atoms with Gasteiger partial charge in [0.2, 0.25) is 0 Å². The molecule has 0 radical (unpaired) electrons. The zero-order valence-corrected chi connectivity index (χ0v) is 27.4. The van der Waals surface area contributed by atoms with Crippen molar-refractivity contribution in [2.45, 2.75) is 6.42 Å². The van der Waals surface area contributed by atoms with Crippen molar-refractivity contribution in [1.29, 1.82) is 0 Å². The second-order valence-corrected chi connectivity index (χ2v) is 12.7. The molecule has 0 fully saturated rings. The second-order valence-electron chi connectivity index (χ2n) is 12.7. The third-order valence-corrected chi connectivity index (χ3v) is 9.53. The van der Waals surface area contributed by atoms with Gasteiger partial charge >= 0.3 is 0 Å². The van der Waals surface area contributed by atoms with Gasteiger partial charge in [0.05, 0.1) is 11.0 Å². The Morgan fingerprint density at radius 2 is 1.08 bits per heavy atom. The van der Waals surface area contributed by atoms with E-state index in [1.807, 2.05) is 85.1 Å². The molecule has 0 amide bonds. The minimum atomic E-state index is 0.441. The topological polar surface area (TPSA) is 69.6 Å². The average Bonchev–Trinajstić information content (AvgIpc) is 3.74. The third-order valence-electron chi connectivity index (χ3n) is 9.53. The molecule has 4 aromatic heterocycles. The van der Waals surface area contributed by atoms with Crippen molar-refractivity contribution in [3.63, 3.8) is 0 Å². The van der Waals surface area contributed by atoms with E-state index in [0.717, 1.165) is 77.4 Å². The van der Waals surface area contributed by atoms with Gasteiger partial charge in [-0.15, -0.1) is 0 Å². The molecular formula is C45H29N5O. The number of benzene rings is 6. The molecule has 6 heteroatoms. The van der Waals surface area contributed by atoms with Gasteiger partial charge in [-0.05, 0) is 35.9 Å². The number of aromatic nitrogens is 5. The lowest BCUT2D eigenvalue weighted by atomic mass is 10.0. The van der Waals surface area contributed by atoms with Crippen molar-refractivity contribution in [2.24, 2.45) is 0 Å². The molecule has 6 nitrogen and oxygen atoms in total. The molecule has 4 heterocycles. The molecule has 0 aliphatic carbocycles. The van der Waals surface area contributed by atoms with Crippen molar-refractivity contribution in [3.05, 3.63) is 175 Å². The summed E-state index contributed by atoms with van der Waals surface area (Å²) in [6.45, 7) is 0. The summed E-state index contributed by atoms with van der Waals surface area (Å²) in [4.78, 5) is 20.3. The lowest BCUT2D eigenvalue weighted by Gasteiger charge is -2.15. The van der Waals surface area contributed by atoms with E-state index < -0.39 is 0 Å². The second kappa shape index (κ2) is 11.9. The first-order chi connectivity index (χ1) is 25.3. The van der Waals surface area contributed by atoms with Crippen molar-refractivity contribution in [1.82, 2.24) is 24.5 Å². The van der Waals surface area contributed by atoms with E-state index in [0.29, 0.717) is 23.9 Å². The van der Waals surface area contributed by atoms with Crippen molar-refractivity contribution < 1.29 is 4.42 Å². The summed E-state index contributed by atoms with van der Waals surface area (Å²) in [7, 11) is 0. The van der Waals surface area contributed by atoms with E-state index >= 15 is 0 Å². The predicted molar refractivity (Wildman–Crippen MR) is 205 cm³/mol. The average molecular weight is 656 g/mol. The molecule has 0 spiro atoms. The van der Waals surface area contributed by atoms with Crippen LogP contribution in [0.2, 0.25) is 0 Å². The van der Waals surface area contributed by atoms with Gasteiger partial charge in [-0.3, -0.25) is 4.57 Å². The highest BCUT2D eigenvalue weighted by Crippen LogP contribution is 2.41. The van der Waals surface area contributed by atoms with Crippen molar-refractivity contribution in [3.8, 4) is 39.7 Å². The molecule has 10 aromatic rings. The van der Waals surface area contributed by atoms with Crippen LogP contribution in [-0.4, -0.2) is 24.5 Å². The molecular weight excluding hydrogens is 627 g/mol. The highest BCUT2D eigenvalue weighted by molar-refractivity contribution is 6.27. The number of nitrogens with zero attached hydrogens (tertiary/aromatic N) is 5. The van der Waals surface area contributed by atoms with Crippen LogP contribution in [0.5, 0.6) is 0 Å². The van der Waals surface area contributed by atoms with Gasteiger partial charge in [0.25, 0.3) is 0 Å². The molecule has 0 N–H and O–H groups in total. The number of rotatable bonds is 6. The summed E-state index contributed by atoms with van der Waals surface area (Å²) in [6.07, 6.45) is 2.41. The molecule has 0 atom stereocenters. The van der Waals surface area contributed by atoms with Crippen molar-refractivity contribution >= 4 is 43.7 Å². The molecule has 51 heavy (non-hydrogen) atoms. The molecule has 0 bridgehead atoms. The van der Waals surface area contributed by atoms with E-state index in [1.54, 1.807) is 0 Å². The number of para-hydroxylation sites is 2. The number of hydrogen-bond donors (Lipinski definition) is 0. The van der Waals surface area contributed by atoms with E-state index in [4.69, 9.17) is 24.4 Å². The molecule has 0 aliphatic heterocycles. The standard InChI is InChI=1S/C45H29N5O/c1-4-14-29(15-5-1)33-26-32(27-40-47-43(30-16-6-2-7-17-30)49-44(48-40)31-18-8-3-9-19-31)45(46-28-33)50-36-22-12-10-20-34(36)41-37(50)24-25-39-42(41)35-21-11-13-23-38(35)51-39/h1-26,28H,27H2. The van der Waals surface area contributed by atoms with E-state index in [9.17, 15) is 0 Å². The summed E-state index contributed by atoms with van der Waals surface area (Å²) in [5.41, 5.74) is 8.87. The highest BCUT2D eigenvalue weighted by Gasteiger charge is 2.22.